The van der Waals surface area contributed by atoms with Gasteiger partial charge in [0.15, 0.2) is 5.82 Å². The Morgan fingerprint density at radius 2 is 1.96 bits per heavy atom. The third kappa shape index (κ3) is 4.24. The maximum Gasteiger partial charge on any atom is 0.319 e. The van der Waals surface area contributed by atoms with E-state index in [9.17, 15) is 4.79 Å². The fourth-order valence-electron chi connectivity index (χ4n) is 2.71. The summed E-state index contributed by atoms with van der Waals surface area (Å²) in [5, 5.41) is 5.48. The van der Waals surface area contributed by atoms with Gasteiger partial charge >= 0.3 is 6.03 Å². The van der Waals surface area contributed by atoms with Crippen LogP contribution in [0.1, 0.15) is 12.5 Å². The average Bonchev–Trinajstić information content (AvgIpc) is 2.64. The zero-order chi connectivity index (χ0) is 17.6. The molecule has 132 valence electrons. The van der Waals surface area contributed by atoms with Crippen molar-refractivity contribution in [2.24, 2.45) is 0 Å². The summed E-state index contributed by atoms with van der Waals surface area (Å²) in [4.78, 5) is 23.0. The number of anilines is 2. The Bertz CT molecular complexity index is 727. The van der Waals surface area contributed by atoms with Crippen LogP contribution in [0.4, 0.5) is 16.3 Å². The minimum atomic E-state index is -0.212. The topological polar surface area (TPSA) is 79.4 Å². The molecule has 7 heteroatoms. The Kier molecular flexibility index (Phi) is 5.45. The van der Waals surface area contributed by atoms with Crippen molar-refractivity contribution in [1.29, 1.82) is 0 Å². The Hall–Kier alpha value is -2.67. The first-order valence-corrected chi connectivity index (χ1v) is 8.49. The summed E-state index contributed by atoms with van der Waals surface area (Å²) >= 11 is 0. The van der Waals surface area contributed by atoms with Crippen LogP contribution in [0.15, 0.2) is 30.5 Å². The number of urea groups is 1. The summed E-state index contributed by atoms with van der Waals surface area (Å²) in [6.45, 7) is 7.61. The predicted molar refractivity (Wildman–Crippen MR) is 97.9 cm³/mol. The standard InChI is InChI=1S/C18H23N5O2/c1-3-19-18(24)21-15-6-4-14(5-7-15)16-20-12-13(2)17(22-16)23-8-10-25-11-9-23/h4-7,12H,3,8-11H2,1-2H3,(H2,19,21,24). The van der Waals surface area contributed by atoms with Gasteiger partial charge < -0.3 is 20.3 Å². The van der Waals surface area contributed by atoms with Gasteiger partial charge in [0.1, 0.15) is 5.82 Å². The summed E-state index contributed by atoms with van der Waals surface area (Å²) in [7, 11) is 0. The second-order valence-electron chi connectivity index (χ2n) is 5.86. The molecule has 1 aliphatic rings. The predicted octanol–water partition coefficient (Wildman–Crippen LogP) is 2.43. The van der Waals surface area contributed by atoms with E-state index in [1.807, 2.05) is 44.3 Å². The number of nitrogens with one attached hydrogen (secondary N) is 2. The Morgan fingerprint density at radius 1 is 1.24 bits per heavy atom. The van der Waals surface area contributed by atoms with Gasteiger partial charge in [-0.15, -0.1) is 0 Å². The van der Waals surface area contributed by atoms with Gasteiger partial charge in [-0.2, -0.15) is 0 Å². The van der Waals surface area contributed by atoms with Crippen molar-refractivity contribution in [2.45, 2.75) is 13.8 Å². The number of benzene rings is 1. The maximum atomic E-state index is 11.6. The lowest BCUT2D eigenvalue weighted by molar-refractivity contribution is 0.122. The molecule has 2 aromatic rings. The molecule has 1 saturated heterocycles. The summed E-state index contributed by atoms with van der Waals surface area (Å²) < 4.78 is 5.41. The van der Waals surface area contributed by atoms with Crippen LogP contribution >= 0.6 is 0 Å². The van der Waals surface area contributed by atoms with E-state index in [2.05, 4.69) is 20.5 Å². The monoisotopic (exact) mass is 341 g/mol. The maximum absolute atomic E-state index is 11.6. The minimum absolute atomic E-state index is 0.212. The number of carbonyl (C=O) groups is 1. The highest BCUT2D eigenvalue weighted by Crippen LogP contribution is 2.23. The van der Waals surface area contributed by atoms with Crippen LogP contribution in [-0.4, -0.2) is 48.8 Å². The van der Waals surface area contributed by atoms with Gasteiger partial charge in [-0.05, 0) is 38.1 Å². The molecule has 2 heterocycles. The highest BCUT2D eigenvalue weighted by atomic mass is 16.5. The summed E-state index contributed by atoms with van der Waals surface area (Å²) in [6.07, 6.45) is 1.86. The lowest BCUT2D eigenvalue weighted by atomic mass is 10.2. The van der Waals surface area contributed by atoms with Crippen molar-refractivity contribution in [3.8, 4) is 11.4 Å². The second-order valence-corrected chi connectivity index (χ2v) is 5.86. The molecule has 2 N–H and O–H groups in total. The number of hydrogen-bond donors (Lipinski definition) is 2. The largest absolute Gasteiger partial charge is 0.378 e. The smallest absolute Gasteiger partial charge is 0.319 e. The van der Waals surface area contributed by atoms with Crippen LogP contribution in [0.25, 0.3) is 11.4 Å². The van der Waals surface area contributed by atoms with Crippen LogP contribution in [0.3, 0.4) is 0 Å². The fourth-order valence-corrected chi connectivity index (χ4v) is 2.71. The number of morpholine rings is 1. The van der Waals surface area contributed by atoms with Crippen molar-refractivity contribution in [3.05, 3.63) is 36.0 Å². The first kappa shape index (κ1) is 17.2. The van der Waals surface area contributed by atoms with Crippen LogP contribution in [-0.2, 0) is 4.74 Å². The molecular formula is C18H23N5O2. The Balaban J connectivity index is 1.78. The Morgan fingerprint density at radius 3 is 2.64 bits per heavy atom. The molecule has 0 radical (unpaired) electrons. The summed E-state index contributed by atoms with van der Waals surface area (Å²) in [6, 6.07) is 7.31. The quantitative estimate of drug-likeness (QED) is 0.893. The van der Waals surface area contributed by atoms with E-state index in [1.165, 1.54) is 0 Å². The lowest BCUT2D eigenvalue weighted by Gasteiger charge is -2.29. The van der Waals surface area contributed by atoms with Gasteiger partial charge in [0.05, 0.1) is 13.2 Å². The lowest BCUT2D eigenvalue weighted by Crippen LogP contribution is -2.37. The zero-order valence-corrected chi connectivity index (χ0v) is 14.6. The molecule has 2 amide bonds. The van der Waals surface area contributed by atoms with E-state index in [4.69, 9.17) is 9.72 Å². The van der Waals surface area contributed by atoms with Gasteiger partial charge in [0.25, 0.3) is 0 Å². The van der Waals surface area contributed by atoms with Crippen molar-refractivity contribution < 1.29 is 9.53 Å². The number of amides is 2. The first-order valence-electron chi connectivity index (χ1n) is 8.49. The normalized spacial score (nSPS) is 14.2. The van der Waals surface area contributed by atoms with Crippen LogP contribution < -0.4 is 15.5 Å². The third-order valence-electron chi connectivity index (χ3n) is 3.99. The number of aryl methyl sites for hydroxylation is 1. The Labute approximate surface area is 147 Å². The molecule has 1 aliphatic heterocycles. The van der Waals surface area contributed by atoms with E-state index in [1.54, 1.807) is 0 Å². The van der Waals surface area contributed by atoms with Crippen molar-refractivity contribution >= 4 is 17.5 Å². The van der Waals surface area contributed by atoms with E-state index >= 15 is 0 Å². The molecule has 0 aliphatic carbocycles. The SMILES string of the molecule is CCNC(=O)Nc1ccc(-c2ncc(C)c(N3CCOCC3)n2)cc1. The molecule has 7 nitrogen and oxygen atoms in total. The molecule has 3 rings (SSSR count). The van der Waals surface area contributed by atoms with Crippen molar-refractivity contribution in [2.75, 3.05) is 43.1 Å². The highest BCUT2D eigenvalue weighted by molar-refractivity contribution is 5.89. The van der Waals surface area contributed by atoms with Gasteiger partial charge in [0.2, 0.25) is 0 Å². The molecular weight excluding hydrogens is 318 g/mol. The van der Waals surface area contributed by atoms with Gasteiger partial charge in [-0.1, -0.05) is 0 Å². The number of hydrogen-bond acceptors (Lipinski definition) is 5. The molecule has 1 aromatic carbocycles. The van der Waals surface area contributed by atoms with Crippen LogP contribution in [0, 0.1) is 6.92 Å². The average molecular weight is 341 g/mol. The minimum Gasteiger partial charge on any atom is -0.378 e. The molecule has 0 atom stereocenters. The number of ether oxygens (including phenoxy) is 1. The van der Waals surface area contributed by atoms with E-state index in [0.717, 1.165) is 48.9 Å². The number of carbonyl (C=O) groups excluding carboxylic acids is 1. The van der Waals surface area contributed by atoms with Crippen molar-refractivity contribution in [3.63, 3.8) is 0 Å². The summed E-state index contributed by atoms with van der Waals surface area (Å²) in [5.41, 5.74) is 2.70. The molecule has 0 saturated carbocycles. The van der Waals surface area contributed by atoms with Crippen molar-refractivity contribution in [1.82, 2.24) is 15.3 Å². The fraction of sp³-hybridized carbons (Fsp3) is 0.389. The van der Waals surface area contributed by atoms with E-state index in [0.29, 0.717) is 12.4 Å². The number of aromatic nitrogens is 2. The molecule has 0 spiro atoms. The van der Waals surface area contributed by atoms with Crippen LogP contribution in [0.2, 0.25) is 0 Å². The van der Waals surface area contributed by atoms with Crippen LogP contribution in [0.5, 0.6) is 0 Å². The molecule has 25 heavy (non-hydrogen) atoms. The number of rotatable bonds is 4. The molecule has 0 bridgehead atoms. The first-order chi connectivity index (χ1) is 12.2. The second kappa shape index (κ2) is 7.94. The molecule has 1 fully saturated rings. The molecule has 0 unspecified atom stereocenters. The van der Waals surface area contributed by atoms with Gasteiger partial charge in [0, 0.05) is 42.6 Å². The zero-order valence-electron chi connectivity index (χ0n) is 14.6. The van der Waals surface area contributed by atoms with E-state index in [-0.39, 0.29) is 6.03 Å². The van der Waals surface area contributed by atoms with Gasteiger partial charge in [-0.3, -0.25) is 0 Å². The third-order valence-corrected chi connectivity index (χ3v) is 3.99. The number of nitrogens with zero attached hydrogens (tertiary/aromatic N) is 3. The van der Waals surface area contributed by atoms with Gasteiger partial charge in [-0.25, -0.2) is 14.8 Å². The van der Waals surface area contributed by atoms with E-state index < -0.39 is 0 Å². The highest BCUT2D eigenvalue weighted by Gasteiger charge is 2.16. The summed E-state index contributed by atoms with van der Waals surface area (Å²) in [5.74, 6) is 1.63. The molecule has 1 aromatic heterocycles.